The van der Waals surface area contributed by atoms with Gasteiger partial charge >= 0.3 is 0 Å². The van der Waals surface area contributed by atoms with Crippen molar-refractivity contribution in [1.82, 2.24) is 0 Å². The highest BCUT2D eigenvalue weighted by Gasteiger charge is 1.96. The quantitative estimate of drug-likeness (QED) is 0.750. The molecule has 0 aliphatic rings. The van der Waals surface area contributed by atoms with Crippen LogP contribution in [-0.2, 0) is 11.2 Å². The highest BCUT2D eigenvalue weighted by atomic mass is 16.1. The van der Waals surface area contributed by atoms with Crippen LogP contribution in [0.1, 0.15) is 25.0 Å². The topological polar surface area (TPSA) is 43.1 Å². The molecule has 0 heterocycles. The molecular formula is C13H17NO. The summed E-state index contributed by atoms with van der Waals surface area (Å²) in [6.45, 7) is 4.39. The molecule has 0 aliphatic heterocycles. The standard InChI is InChI=1S/C13H17NO/c1-10(2)9-12-5-3-11(4-6-12)7-8-13(14)15/h3-8,10H,9H2,1-2H3,(H2,14,15)/b8-7+. The van der Waals surface area contributed by atoms with Gasteiger partial charge in [0, 0.05) is 6.08 Å². The Hall–Kier alpha value is -1.57. The van der Waals surface area contributed by atoms with Crippen LogP contribution in [0, 0.1) is 5.92 Å². The van der Waals surface area contributed by atoms with E-state index in [0.717, 1.165) is 12.0 Å². The van der Waals surface area contributed by atoms with Crippen molar-refractivity contribution in [3.63, 3.8) is 0 Å². The molecule has 1 aromatic carbocycles. The van der Waals surface area contributed by atoms with Crippen molar-refractivity contribution in [3.8, 4) is 0 Å². The van der Waals surface area contributed by atoms with Crippen LogP contribution in [-0.4, -0.2) is 5.91 Å². The lowest BCUT2D eigenvalue weighted by molar-refractivity contribution is -0.113. The lowest BCUT2D eigenvalue weighted by atomic mass is 10.0. The predicted octanol–water partition coefficient (Wildman–Crippen LogP) is 2.38. The number of hydrogen-bond donors (Lipinski definition) is 1. The molecule has 1 amide bonds. The van der Waals surface area contributed by atoms with Crippen LogP contribution < -0.4 is 5.73 Å². The molecule has 0 saturated carbocycles. The first-order valence-electron chi connectivity index (χ1n) is 5.14. The third-order valence-electron chi connectivity index (χ3n) is 2.06. The molecule has 0 bridgehead atoms. The van der Waals surface area contributed by atoms with E-state index in [9.17, 15) is 4.79 Å². The first kappa shape index (κ1) is 11.5. The number of amides is 1. The Balaban J connectivity index is 2.68. The molecule has 80 valence electrons. The average molecular weight is 203 g/mol. The van der Waals surface area contributed by atoms with E-state index >= 15 is 0 Å². The minimum atomic E-state index is -0.416. The zero-order valence-electron chi connectivity index (χ0n) is 9.23. The summed E-state index contributed by atoms with van der Waals surface area (Å²) in [7, 11) is 0. The molecule has 0 aromatic heterocycles. The van der Waals surface area contributed by atoms with E-state index in [1.165, 1.54) is 11.6 Å². The Morgan fingerprint density at radius 3 is 2.40 bits per heavy atom. The van der Waals surface area contributed by atoms with Gasteiger partial charge in [0.05, 0.1) is 0 Å². The Morgan fingerprint density at radius 1 is 1.33 bits per heavy atom. The summed E-state index contributed by atoms with van der Waals surface area (Å²) >= 11 is 0. The van der Waals surface area contributed by atoms with Crippen molar-refractivity contribution < 1.29 is 4.79 Å². The van der Waals surface area contributed by atoms with Crippen LogP contribution in [0.5, 0.6) is 0 Å². The summed E-state index contributed by atoms with van der Waals surface area (Å²) in [6, 6.07) is 8.16. The first-order chi connectivity index (χ1) is 7.08. The Kier molecular flexibility index (Phi) is 4.10. The van der Waals surface area contributed by atoms with E-state index in [2.05, 4.69) is 26.0 Å². The zero-order chi connectivity index (χ0) is 11.3. The van der Waals surface area contributed by atoms with Crippen molar-refractivity contribution in [2.45, 2.75) is 20.3 Å². The third kappa shape index (κ3) is 4.45. The van der Waals surface area contributed by atoms with Gasteiger partial charge in [0.1, 0.15) is 0 Å². The summed E-state index contributed by atoms with van der Waals surface area (Å²) in [5.41, 5.74) is 7.33. The number of carbonyl (C=O) groups excluding carboxylic acids is 1. The monoisotopic (exact) mass is 203 g/mol. The summed E-state index contributed by atoms with van der Waals surface area (Å²) in [5, 5.41) is 0. The van der Waals surface area contributed by atoms with Gasteiger partial charge in [-0.05, 0) is 29.5 Å². The highest BCUT2D eigenvalue weighted by Crippen LogP contribution is 2.10. The smallest absolute Gasteiger partial charge is 0.241 e. The van der Waals surface area contributed by atoms with Crippen molar-refractivity contribution in [3.05, 3.63) is 41.5 Å². The molecule has 0 aliphatic carbocycles. The Bertz CT molecular complexity index is 349. The maximum atomic E-state index is 10.5. The molecule has 15 heavy (non-hydrogen) atoms. The highest BCUT2D eigenvalue weighted by molar-refractivity contribution is 5.90. The van der Waals surface area contributed by atoms with Gasteiger partial charge in [0.25, 0.3) is 0 Å². The molecule has 2 N–H and O–H groups in total. The molecule has 1 aromatic rings. The van der Waals surface area contributed by atoms with Gasteiger partial charge in [-0.2, -0.15) is 0 Å². The van der Waals surface area contributed by atoms with E-state index in [1.807, 2.05) is 12.1 Å². The number of rotatable bonds is 4. The molecule has 1 rings (SSSR count). The van der Waals surface area contributed by atoms with Crippen molar-refractivity contribution >= 4 is 12.0 Å². The Morgan fingerprint density at radius 2 is 1.93 bits per heavy atom. The summed E-state index contributed by atoms with van der Waals surface area (Å²) < 4.78 is 0. The molecule has 0 spiro atoms. The number of benzene rings is 1. The van der Waals surface area contributed by atoms with Crippen LogP contribution in [0.15, 0.2) is 30.3 Å². The van der Waals surface area contributed by atoms with Crippen molar-refractivity contribution in [2.24, 2.45) is 11.7 Å². The summed E-state index contributed by atoms with van der Waals surface area (Å²) in [4.78, 5) is 10.5. The fraction of sp³-hybridized carbons (Fsp3) is 0.308. The number of carbonyl (C=O) groups is 1. The second kappa shape index (κ2) is 5.35. The molecule has 0 atom stereocenters. The van der Waals surface area contributed by atoms with Crippen LogP contribution in [0.4, 0.5) is 0 Å². The van der Waals surface area contributed by atoms with E-state index in [-0.39, 0.29) is 0 Å². The van der Waals surface area contributed by atoms with E-state index in [1.54, 1.807) is 6.08 Å². The maximum absolute atomic E-state index is 10.5. The van der Waals surface area contributed by atoms with Gasteiger partial charge in [-0.15, -0.1) is 0 Å². The SMILES string of the molecule is CC(C)Cc1ccc(/C=C/C(N)=O)cc1. The second-order valence-electron chi connectivity index (χ2n) is 4.08. The van der Waals surface area contributed by atoms with Gasteiger partial charge in [-0.25, -0.2) is 0 Å². The number of primary amides is 1. The second-order valence-corrected chi connectivity index (χ2v) is 4.08. The molecule has 2 nitrogen and oxygen atoms in total. The predicted molar refractivity (Wildman–Crippen MR) is 63.2 cm³/mol. The van der Waals surface area contributed by atoms with Crippen LogP contribution >= 0.6 is 0 Å². The normalized spacial score (nSPS) is 11.1. The molecule has 0 fully saturated rings. The maximum Gasteiger partial charge on any atom is 0.241 e. The van der Waals surface area contributed by atoms with Gasteiger partial charge in [0.2, 0.25) is 5.91 Å². The average Bonchev–Trinajstić information content (AvgIpc) is 2.16. The van der Waals surface area contributed by atoms with Crippen LogP contribution in [0.3, 0.4) is 0 Å². The van der Waals surface area contributed by atoms with E-state index in [4.69, 9.17) is 5.73 Å². The van der Waals surface area contributed by atoms with Gasteiger partial charge in [-0.3, -0.25) is 4.79 Å². The lowest BCUT2D eigenvalue weighted by Gasteiger charge is -2.04. The van der Waals surface area contributed by atoms with Crippen LogP contribution in [0.25, 0.3) is 6.08 Å². The molecule has 2 heteroatoms. The minimum Gasteiger partial charge on any atom is -0.366 e. The van der Waals surface area contributed by atoms with Crippen LogP contribution in [0.2, 0.25) is 0 Å². The van der Waals surface area contributed by atoms with E-state index in [0.29, 0.717) is 5.92 Å². The molecule has 0 saturated heterocycles. The van der Waals surface area contributed by atoms with Crippen molar-refractivity contribution in [2.75, 3.05) is 0 Å². The largest absolute Gasteiger partial charge is 0.366 e. The molecule has 0 unspecified atom stereocenters. The summed E-state index contributed by atoms with van der Waals surface area (Å²) in [5.74, 6) is 0.248. The lowest BCUT2D eigenvalue weighted by Crippen LogP contribution is -2.05. The fourth-order valence-electron chi connectivity index (χ4n) is 1.41. The van der Waals surface area contributed by atoms with E-state index < -0.39 is 5.91 Å². The number of hydrogen-bond acceptors (Lipinski definition) is 1. The first-order valence-corrected chi connectivity index (χ1v) is 5.14. The van der Waals surface area contributed by atoms with Gasteiger partial charge in [0.15, 0.2) is 0 Å². The molecular weight excluding hydrogens is 186 g/mol. The zero-order valence-corrected chi connectivity index (χ0v) is 9.23. The molecule has 0 radical (unpaired) electrons. The number of nitrogens with two attached hydrogens (primary N) is 1. The fourth-order valence-corrected chi connectivity index (χ4v) is 1.41. The summed E-state index contributed by atoms with van der Waals surface area (Å²) in [6.07, 6.45) is 4.18. The van der Waals surface area contributed by atoms with Gasteiger partial charge in [-0.1, -0.05) is 38.1 Å². The van der Waals surface area contributed by atoms with Gasteiger partial charge < -0.3 is 5.73 Å². The minimum absolute atomic E-state index is 0.416. The third-order valence-corrected chi connectivity index (χ3v) is 2.06. The Labute approximate surface area is 90.8 Å². The van der Waals surface area contributed by atoms with Crippen molar-refractivity contribution in [1.29, 1.82) is 0 Å².